The molecule has 0 saturated heterocycles. The van der Waals surface area contributed by atoms with Crippen molar-refractivity contribution < 1.29 is 27.4 Å². The van der Waals surface area contributed by atoms with E-state index >= 15 is 0 Å². The number of carbonyl (C=O) groups is 1. The Labute approximate surface area is 107 Å². The van der Waals surface area contributed by atoms with Crippen LogP contribution in [0.1, 0.15) is 11.5 Å². The third kappa shape index (κ3) is 3.37. The van der Waals surface area contributed by atoms with Crippen molar-refractivity contribution in [1.82, 2.24) is 0 Å². The quantitative estimate of drug-likeness (QED) is 0.845. The van der Waals surface area contributed by atoms with Crippen molar-refractivity contribution in [2.24, 2.45) is 0 Å². The van der Waals surface area contributed by atoms with Gasteiger partial charge in [-0.1, -0.05) is 0 Å². The summed E-state index contributed by atoms with van der Waals surface area (Å²) in [4.78, 5) is 11.2. The van der Waals surface area contributed by atoms with Gasteiger partial charge in [-0.2, -0.15) is 18.4 Å². The second kappa shape index (κ2) is 5.61. The molecule has 0 aliphatic rings. The zero-order valence-electron chi connectivity index (χ0n) is 10.1. The maximum atomic E-state index is 12.4. The number of methoxy groups -OCH3 is 2. The highest BCUT2D eigenvalue weighted by atomic mass is 19.4. The molecule has 0 fully saturated rings. The zero-order valence-corrected chi connectivity index (χ0v) is 10.1. The predicted molar refractivity (Wildman–Crippen MR) is 59.0 cm³/mol. The number of halogens is 3. The maximum Gasteiger partial charge on any atom is 0.451 e. The van der Waals surface area contributed by atoms with E-state index < -0.39 is 17.9 Å². The van der Waals surface area contributed by atoms with Gasteiger partial charge in [0, 0.05) is 6.07 Å². The third-order valence-electron chi connectivity index (χ3n) is 2.38. The molecule has 102 valence electrons. The molecule has 0 bridgehead atoms. The molecule has 0 aliphatic carbocycles. The number of ketones is 1. The number of rotatable bonds is 4. The van der Waals surface area contributed by atoms with E-state index in [0.29, 0.717) is 0 Å². The van der Waals surface area contributed by atoms with E-state index in [9.17, 15) is 18.0 Å². The highest BCUT2D eigenvalue weighted by molar-refractivity contribution is 5.93. The Morgan fingerprint density at radius 1 is 1.21 bits per heavy atom. The molecular formula is C12H10F3NO3. The van der Waals surface area contributed by atoms with Crippen LogP contribution in [0.15, 0.2) is 18.2 Å². The molecule has 0 spiro atoms. The number of hydrogen-bond donors (Lipinski definition) is 0. The van der Waals surface area contributed by atoms with Crippen LogP contribution in [0.3, 0.4) is 0 Å². The number of alkyl halides is 3. The maximum absolute atomic E-state index is 12.4. The van der Waals surface area contributed by atoms with Crippen LogP contribution < -0.4 is 9.47 Å². The molecule has 0 saturated carbocycles. The Morgan fingerprint density at radius 3 is 2.00 bits per heavy atom. The summed E-state index contributed by atoms with van der Waals surface area (Å²) in [6.07, 6.45) is -5.07. The average molecular weight is 273 g/mol. The minimum absolute atomic E-state index is 0.124. The second-order valence-electron chi connectivity index (χ2n) is 3.57. The Bertz CT molecular complexity index is 498. The summed E-state index contributed by atoms with van der Waals surface area (Å²) in [5.41, 5.74) is -0.124. The molecule has 1 atom stereocenters. The number of ether oxygens (including phenoxy) is 2. The standard InChI is InChI=1S/C12H10F3NO3/c1-18-8-3-7(4-9(5-8)19-2)10(6-16)11(17)12(13,14)15/h3-5,10H,1-2H3. The predicted octanol–water partition coefficient (Wildman–Crippen LogP) is 2.44. The number of carbonyl (C=O) groups excluding carboxylic acids is 1. The smallest absolute Gasteiger partial charge is 0.451 e. The van der Waals surface area contributed by atoms with Gasteiger partial charge in [0.1, 0.15) is 17.4 Å². The molecule has 0 amide bonds. The van der Waals surface area contributed by atoms with Crippen molar-refractivity contribution in [3.05, 3.63) is 23.8 Å². The molecule has 7 heteroatoms. The highest BCUT2D eigenvalue weighted by Gasteiger charge is 2.44. The van der Waals surface area contributed by atoms with Crippen LogP contribution >= 0.6 is 0 Å². The molecule has 19 heavy (non-hydrogen) atoms. The first kappa shape index (κ1) is 14.8. The number of hydrogen-bond acceptors (Lipinski definition) is 4. The van der Waals surface area contributed by atoms with E-state index in [1.54, 1.807) is 0 Å². The van der Waals surface area contributed by atoms with Crippen molar-refractivity contribution >= 4 is 5.78 Å². The third-order valence-corrected chi connectivity index (χ3v) is 2.38. The van der Waals surface area contributed by atoms with Gasteiger partial charge in [0.2, 0.25) is 0 Å². The molecule has 1 rings (SSSR count). The van der Waals surface area contributed by atoms with Crippen LogP contribution in [0.4, 0.5) is 13.2 Å². The van der Waals surface area contributed by atoms with Gasteiger partial charge in [-0.3, -0.25) is 4.79 Å². The molecule has 1 aromatic rings. The minimum atomic E-state index is -5.07. The van der Waals surface area contributed by atoms with Gasteiger partial charge in [-0.25, -0.2) is 0 Å². The lowest BCUT2D eigenvalue weighted by molar-refractivity contribution is -0.171. The number of nitrogens with zero attached hydrogens (tertiary/aromatic N) is 1. The summed E-state index contributed by atoms with van der Waals surface area (Å²) < 4.78 is 46.9. The molecule has 1 unspecified atom stereocenters. The molecule has 0 aromatic heterocycles. The summed E-state index contributed by atoms with van der Waals surface area (Å²) in [6, 6.07) is 5.16. The number of Topliss-reactive ketones (excluding diaryl/α,β-unsaturated/α-hetero) is 1. The van der Waals surface area contributed by atoms with Crippen molar-refractivity contribution in [3.63, 3.8) is 0 Å². The van der Waals surface area contributed by atoms with Crippen LogP contribution in [0.25, 0.3) is 0 Å². The van der Waals surface area contributed by atoms with Gasteiger partial charge in [0.15, 0.2) is 0 Å². The Hall–Kier alpha value is -2.23. The molecule has 0 N–H and O–H groups in total. The minimum Gasteiger partial charge on any atom is -0.497 e. The fourth-order valence-electron chi connectivity index (χ4n) is 1.44. The fraction of sp³-hybridized carbons (Fsp3) is 0.333. The Balaban J connectivity index is 3.26. The number of benzene rings is 1. The van der Waals surface area contributed by atoms with E-state index in [2.05, 4.69) is 0 Å². The van der Waals surface area contributed by atoms with Crippen LogP contribution in [-0.4, -0.2) is 26.2 Å². The van der Waals surface area contributed by atoms with Crippen molar-refractivity contribution in [2.45, 2.75) is 12.1 Å². The van der Waals surface area contributed by atoms with Crippen LogP contribution in [0.2, 0.25) is 0 Å². The Morgan fingerprint density at radius 2 is 1.68 bits per heavy atom. The van der Waals surface area contributed by atoms with E-state index in [4.69, 9.17) is 14.7 Å². The fourth-order valence-corrected chi connectivity index (χ4v) is 1.44. The lowest BCUT2D eigenvalue weighted by atomic mass is 9.95. The van der Waals surface area contributed by atoms with Gasteiger partial charge in [-0.15, -0.1) is 0 Å². The second-order valence-corrected chi connectivity index (χ2v) is 3.57. The number of nitriles is 1. The molecule has 0 aliphatic heterocycles. The Kier molecular flexibility index (Phi) is 4.38. The van der Waals surface area contributed by atoms with Crippen LogP contribution in [-0.2, 0) is 4.79 Å². The first-order valence-electron chi connectivity index (χ1n) is 5.07. The van der Waals surface area contributed by atoms with E-state index in [0.717, 1.165) is 0 Å². The van der Waals surface area contributed by atoms with Gasteiger partial charge >= 0.3 is 6.18 Å². The first-order chi connectivity index (χ1) is 8.83. The van der Waals surface area contributed by atoms with Gasteiger partial charge < -0.3 is 9.47 Å². The summed E-state index contributed by atoms with van der Waals surface area (Å²) in [7, 11) is 2.62. The topological polar surface area (TPSA) is 59.3 Å². The summed E-state index contributed by atoms with van der Waals surface area (Å²) in [5, 5.41) is 8.79. The van der Waals surface area contributed by atoms with Crippen molar-refractivity contribution in [2.75, 3.05) is 14.2 Å². The van der Waals surface area contributed by atoms with Gasteiger partial charge in [0.25, 0.3) is 5.78 Å². The van der Waals surface area contributed by atoms with Crippen molar-refractivity contribution in [3.8, 4) is 17.6 Å². The molecule has 1 aromatic carbocycles. The van der Waals surface area contributed by atoms with Crippen LogP contribution in [0, 0.1) is 11.3 Å². The first-order valence-corrected chi connectivity index (χ1v) is 5.07. The molecular weight excluding hydrogens is 263 g/mol. The lowest BCUT2D eigenvalue weighted by Crippen LogP contribution is -2.28. The summed E-state index contributed by atoms with van der Waals surface area (Å²) >= 11 is 0. The van der Waals surface area contributed by atoms with Gasteiger partial charge in [-0.05, 0) is 17.7 Å². The van der Waals surface area contributed by atoms with Crippen LogP contribution in [0.5, 0.6) is 11.5 Å². The normalized spacial score (nSPS) is 12.4. The van der Waals surface area contributed by atoms with E-state index in [1.807, 2.05) is 0 Å². The lowest BCUT2D eigenvalue weighted by Gasteiger charge is -2.13. The average Bonchev–Trinajstić information content (AvgIpc) is 2.37. The van der Waals surface area contributed by atoms with E-state index in [1.165, 1.54) is 38.5 Å². The van der Waals surface area contributed by atoms with Crippen molar-refractivity contribution in [1.29, 1.82) is 5.26 Å². The SMILES string of the molecule is COc1cc(OC)cc(C(C#N)C(=O)C(F)(F)F)c1. The largest absolute Gasteiger partial charge is 0.497 e. The zero-order chi connectivity index (χ0) is 14.6. The van der Waals surface area contributed by atoms with E-state index in [-0.39, 0.29) is 17.1 Å². The summed E-state index contributed by atoms with van der Waals surface area (Å²) in [5.74, 6) is -3.66. The molecule has 4 nitrogen and oxygen atoms in total. The molecule has 0 radical (unpaired) electrons. The molecule has 0 heterocycles. The van der Waals surface area contributed by atoms with Gasteiger partial charge in [0.05, 0.1) is 20.3 Å². The monoisotopic (exact) mass is 273 g/mol. The summed E-state index contributed by atoms with van der Waals surface area (Å²) in [6.45, 7) is 0. The highest BCUT2D eigenvalue weighted by Crippen LogP contribution is 2.32.